The van der Waals surface area contributed by atoms with E-state index in [-0.39, 0.29) is 5.75 Å². The molecule has 0 saturated carbocycles. The minimum atomic E-state index is -3.08. The quantitative estimate of drug-likeness (QED) is 0.852. The summed E-state index contributed by atoms with van der Waals surface area (Å²) in [5.74, 6) is 1.10. The summed E-state index contributed by atoms with van der Waals surface area (Å²) < 4.78 is 35.2. The van der Waals surface area contributed by atoms with E-state index in [1.807, 2.05) is 0 Å². The normalized spacial score (nSPS) is 12.2. The smallest absolute Gasteiger partial charge is 0.412 e. The second-order valence-electron chi connectivity index (χ2n) is 7.14. The first-order valence-electron chi connectivity index (χ1n) is 8.10. The predicted molar refractivity (Wildman–Crippen MR) is 101 cm³/mol. The molecule has 0 spiro atoms. The SMILES string of the molecule is COc1cc2nc(CCS(C)(=O)=O)n(C)c2cc1NC(=O)OC(C)(C)C. The molecule has 26 heavy (non-hydrogen) atoms. The molecule has 1 aromatic carbocycles. The van der Waals surface area contributed by atoms with Crippen molar-refractivity contribution in [1.29, 1.82) is 0 Å². The lowest BCUT2D eigenvalue weighted by Gasteiger charge is -2.20. The van der Waals surface area contributed by atoms with Crippen LogP contribution in [-0.2, 0) is 28.0 Å². The van der Waals surface area contributed by atoms with E-state index in [2.05, 4.69) is 10.3 Å². The molecule has 0 bridgehead atoms. The number of nitrogens with zero attached hydrogens (tertiary/aromatic N) is 2. The van der Waals surface area contributed by atoms with Crippen molar-refractivity contribution in [2.75, 3.05) is 24.4 Å². The fourth-order valence-corrected chi connectivity index (χ4v) is 3.00. The molecule has 0 radical (unpaired) electrons. The van der Waals surface area contributed by atoms with E-state index in [0.29, 0.717) is 29.2 Å². The highest BCUT2D eigenvalue weighted by atomic mass is 32.2. The minimum Gasteiger partial charge on any atom is -0.494 e. The van der Waals surface area contributed by atoms with Crippen LogP contribution in [0.15, 0.2) is 12.1 Å². The molecule has 0 aliphatic rings. The Kier molecular flexibility index (Phi) is 5.50. The summed E-state index contributed by atoms with van der Waals surface area (Å²) in [5, 5.41) is 2.68. The number of amides is 1. The molecule has 0 saturated heterocycles. The number of nitrogens with one attached hydrogen (secondary N) is 1. The van der Waals surface area contributed by atoms with Gasteiger partial charge in [0.05, 0.1) is 29.6 Å². The van der Waals surface area contributed by atoms with Crippen molar-refractivity contribution in [3.63, 3.8) is 0 Å². The molecule has 1 amide bonds. The van der Waals surface area contributed by atoms with Crippen LogP contribution in [-0.4, -0.2) is 48.8 Å². The summed E-state index contributed by atoms with van der Waals surface area (Å²) in [7, 11) is 0.215. The van der Waals surface area contributed by atoms with E-state index < -0.39 is 21.5 Å². The van der Waals surface area contributed by atoms with Crippen LogP contribution in [0.4, 0.5) is 10.5 Å². The number of fused-ring (bicyclic) bond motifs is 1. The Morgan fingerprint density at radius 2 is 1.96 bits per heavy atom. The van der Waals surface area contributed by atoms with Gasteiger partial charge in [0.1, 0.15) is 27.0 Å². The van der Waals surface area contributed by atoms with Gasteiger partial charge in [-0.2, -0.15) is 0 Å². The number of hydrogen-bond donors (Lipinski definition) is 1. The zero-order chi connectivity index (χ0) is 19.7. The molecule has 1 aromatic heterocycles. The number of methoxy groups -OCH3 is 1. The third-order valence-corrected chi connectivity index (χ3v) is 4.57. The van der Waals surface area contributed by atoms with E-state index in [9.17, 15) is 13.2 Å². The Labute approximate surface area is 153 Å². The van der Waals surface area contributed by atoms with Gasteiger partial charge in [-0.15, -0.1) is 0 Å². The van der Waals surface area contributed by atoms with Crippen molar-refractivity contribution < 1.29 is 22.7 Å². The van der Waals surface area contributed by atoms with Crippen LogP contribution < -0.4 is 10.1 Å². The average Bonchev–Trinajstić information content (AvgIpc) is 2.78. The second kappa shape index (κ2) is 7.14. The lowest BCUT2D eigenvalue weighted by molar-refractivity contribution is 0.0635. The van der Waals surface area contributed by atoms with Crippen LogP contribution in [0.2, 0.25) is 0 Å². The number of aromatic nitrogens is 2. The first-order valence-corrected chi connectivity index (χ1v) is 10.2. The fraction of sp³-hybridized carbons (Fsp3) is 0.529. The highest BCUT2D eigenvalue weighted by Crippen LogP contribution is 2.31. The van der Waals surface area contributed by atoms with Crippen LogP contribution in [0.25, 0.3) is 11.0 Å². The van der Waals surface area contributed by atoms with Gasteiger partial charge in [0, 0.05) is 25.8 Å². The molecule has 0 aliphatic carbocycles. The van der Waals surface area contributed by atoms with Crippen molar-refractivity contribution in [3.05, 3.63) is 18.0 Å². The zero-order valence-electron chi connectivity index (χ0n) is 15.9. The topological polar surface area (TPSA) is 99.5 Å². The van der Waals surface area contributed by atoms with Gasteiger partial charge in [-0.25, -0.2) is 18.2 Å². The number of aryl methyl sites for hydroxylation is 2. The van der Waals surface area contributed by atoms with Gasteiger partial charge in [-0.1, -0.05) is 0 Å². The van der Waals surface area contributed by atoms with Crippen molar-refractivity contribution in [2.24, 2.45) is 7.05 Å². The maximum absolute atomic E-state index is 12.1. The zero-order valence-corrected chi connectivity index (χ0v) is 16.7. The maximum atomic E-state index is 12.1. The summed E-state index contributed by atoms with van der Waals surface area (Å²) >= 11 is 0. The standard InChI is InChI=1S/C17H25N3O5S/c1-17(2,3)25-16(21)19-12-9-13-11(10-14(12)24-5)18-15(20(13)4)7-8-26(6,22)23/h9-10H,7-8H2,1-6H3,(H,19,21). The first kappa shape index (κ1) is 20.0. The average molecular weight is 383 g/mol. The molecule has 2 aromatic rings. The van der Waals surface area contributed by atoms with E-state index in [1.165, 1.54) is 13.4 Å². The van der Waals surface area contributed by atoms with Gasteiger partial charge >= 0.3 is 6.09 Å². The molecule has 9 heteroatoms. The molecule has 0 atom stereocenters. The summed E-state index contributed by atoms with van der Waals surface area (Å²) in [6.45, 7) is 5.34. The van der Waals surface area contributed by atoms with Crippen molar-refractivity contribution in [2.45, 2.75) is 32.8 Å². The summed E-state index contributed by atoms with van der Waals surface area (Å²) in [5.41, 5.74) is 1.24. The predicted octanol–water partition coefficient (Wildman–Crippen LogP) is 2.52. The Bertz CT molecular complexity index is 926. The van der Waals surface area contributed by atoms with E-state index in [1.54, 1.807) is 44.5 Å². The van der Waals surface area contributed by atoms with Gasteiger partial charge < -0.3 is 14.0 Å². The van der Waals surface area contributed by atoms with E-state index >= 15 is 0 Å². The lowest BCUT2D eigenvalue weighted by Crippen LogP contribution is -2.27. The maximum Gasteiger partial charge on any atom is 0.412 e. The molecule has 2 rings (SSSR count). The highest BCUT2D eigenvalue weighted by Gasteiger charge is 2.19. The summed E-state index contributed by atoms with van der Waals surface area (Å²) in [4.78, 5) is 16.5. The highest BCUT2D eigenvalue weighted by molar-refractivity contribution is 7.90. The van der Waals surface area contributed by atoms with Crippen LogP contribution in [0.3, 0.4) is 0 Å². The van der Waals surface area contributed by atoms with Crippen LogP contribution in [0, 0.1) is 0 Å². The monoisotopic (exact) mass is 383 g/mol. The Morgan fingerprint density at radius 3 is 2.50 bits per heavy atom. The van der Waals surface area contributed by atoms with Gasteiger partial charge in [0.15, 0.2) is 0 Å². The Balaban J connectivity index is 2.37. The number of sulfone groups is 1. The van der Waals surface area contributed by atoms with Gasteiger partial charge in [0.2, 0.25) is 0 Å². The Morgan fingerprint density at radius 1 is 1.31 bits per heavy atom. The second-order valence-corrected chi connectivity index (χ2v) is 9.39. The summed E-state index contributed by atoms with van der Waals surface area (Å²) in [6.07, 6.45) is 0.914. The van der Waals surface area contributed by atoms with Crippen LogP contribution in [0.5, 0.6) is 5.75 Å². The number of ether oxygens (including phenoxy) is 2. The molecule has 144 valence electrons. The van der Waals surface area contributed by atoms with Gasteiger partial charge in [0.25, 0.3) is 0 Å². The third-order valence-electron chi connectivity index (χ3n) is 3.63. The number of anilines is 1. The third kappa shape index (κ3) is 5.10. The number of carbonyl (C=O) groups is 1. The number of benzene rings is 1. The molecule has 0 aliphatic heterocycles. The van der Waals surface area contributed by atoms with E-state index in [4.69, 9.17) is 9.47 Å². The first-order chi connectivity index (χ1) is 11.9. The fourth-order valence-electron chi connectivity index (χ4n) is 2.45. The lowest BCUT2D eigenvalue weighted by atomic mass is 10.2. The molecule has 1 N–H and O–H groups in total. The van der Waals surface area contributed by atoms with Crippen molar-refractivity contribution in [3.8, 4) is 5.75 Å². The minimum absolute atomic E-state index is 0.0182. The molecular weight excluding hydrogens is 358 g/mol. The van der Waals surface area contributed by atoms with Crippen LogP contribution >= 0.6 is 0 Å². The molecule has 0 fully saturated rings. The van der Waals surface area contributed by atoms with Gasteiger partial charge in [-0.3, -0.25) is 5.32 Å². The number of imidazole rings is 1. The van der Waals surface area contributed by atoms with Crippen LogP contribution in [0.1, 0.15) is 26.6 Å². The molecular formula is C17H25N3O5S. The number of hydrogen-bond acceptors (Lipinski definition) is 6. The molecule has 8 nitrogen and oxygen atoms in total. The Hall–Kier alpha value is -2.29. The van der Waals surface area contributed by atoms with Crippen molar-refractivity contribution in [1.82, 2.24) is 9.55 Å². The molecule has 1 heterocycles. The largest absolute Gasteiger partial charge is 0.494 e. The number of carbonyl (C=O) groups excluding carboxylic acids is 1. The van der Waals surface area contributed by atoms with Gasteiger partial charge in [-0.05, 0) is 26.8 Å². The molecule has 0 unspecified atom stereocenters. The summed E-state index contributed by atoms with van der Waals surface area (Å²) in [6, 6.07) is 3.43. The van der Waals surface area contributed by atoms with Crippen molar-refractivity contribution >= 4 is 32.7 Å². The number of rotatable bonds is 5. The van der Waals surface area contributed by atoms with E-state index in [0.717, 1.165) is 5.52 Å².